The van der Waals surface area contributed by atoms with Gasteiger partial charge in [-0.05, 0) is 46.2 Å². The number of likely N-dealkylation sites (tertiary alicyclic amines) is 1. The number of likely N-dealkylation sites (N-methyl/N-ethyl adjacent to an activating group) is 1. The standard InChI is InChI=1S/C14H28N2O/c1-4-15-13(12-6-9-17-11-12)10-16-8-5-7-14(16,2)3/h12-13,15H,4-11H2,1-3H3. The van der Waals surface area contributed by atoms with Crippen molar-refractivity contribution in [2.45, 2.75) is 51.6 Å². The summed E-state index contributed by atoms with van der Waals surface area (Å²) in [6, 6.07) is 0.611. The van der Waals surface area contributed by atoms with Crippen molar-refractivity contribution in [2.75, 3.05) is 32.8 Å². The minimum Gasteiger partial charge on any atom is -0.381 e. The van der Waals surface area contributed by atoms with E-state index in [9.17, 15) is 0 Å². The van der Waals surface area contributed by atoms with Crippen molar-refractivity contribution in [3.63, 3.8) is 0 Å². The van der Waals surface area contributed by atoms with Crippen LogP contribution in [0.5, 0.6) is 0 Å². The Hall–Kier alpha value is -0.120. The van der Waals surface area contributed by atoms with Crippen LogP contribution in [0.15, 0.2) is 0 Å². The van der Waals surface area contributed by atoms with Crippen molar-refractivity contribution in [1.29, 1.82) is 0 Å². The van der Waals surface area contributed by atoms with Crippen LogP contribution in [0.25, 0.3) is 0 Å². The molecule has 17 heavy (non-hydrogen) atoms. The Morgan fingerprint density at radius 2 is 2.29 bits per heavy atom. The molecule has 1 N–H and O–H groups in total. The first kappa shape index (κ1) is 13.3. The molecule has 2 fully saturated rings. The first-order valence-corrected chi connectivity index (χ1v) is 7.19. The molecule has 2 aliphatic rings. The summed E-state index contributed by atoms with van der Waals surface area (Å²) in [4.78, 5) is 2.67. The van der Waals surface area contributed by atoms with Gasteiger partial charge in [0.25, 0.3) is 0 Å². The maximum atomic E-state index is 5.54. The molecule has 2 saturated heterocycles. The van der Waals surface area contributed by atoms with E-state index >= 15 is 0 Å². The Morgan fingerprint density at radius 3 is 2.82 bits per heavy atom. The average Bonchev–Trinajstić information content (AvgIpc) is 2.88. The number of nitrogens with one attached hydrogen (secondary N) is 1. The Labute approximate surface area is 106 Å². The van der Waals surface area contributed by atoms with Crippen LogP contribution in [0, 0.1) is 5.92 Å². The van der Waals surface area contributed by atoms with E-state index in [0.717, 1.165) is 19.8 Å². The van der Waals surface area contributed by atoms with Gasteiger partial charge in [-0.3, -0.25) is 4.90 Å². The zero-order chi connectivity index (χ0) is 12.3. The molecular formula is C14H28N2O. The van der Waals surface area contributed by atoms with E-state index < -0.39 is 0 Å². The summed E-state index contributed by atoms with van der Waals surface area (Å²) in [5.41, 5.74) is 0.396. The van der Waals surface area contributed by atoms with Gasteiger partial charge in [-0.1, -0.05) is 6.92 Å². The summed E-state index contributed by atoms with van der Waals surface area (Å²) in [6.07, 6.45) is 3.92. The predicted octanol–water partition coefficient (Wildman–Crippen LogP) is 1.88. The smallest absolute Gasteiger partial charge is 0.0510 e. The van der Waals surface area contributed by atoms with Crippen LogP contribution in [0.1, 0.15) is 40.0 Å². The minimum atomic E-state index is 0.396. The first-order valence-electron chi connectivity index (χ1n) is 7.19. The number of rotatable bonds is 5. The van der Waals surface area contributed by atoms with Gasteiger partial charge in [0.2, 0.25) is 0 Å². The molecule has 3 nitrogen and oxygen atoms in total. The molecule has 0 bridgehead atoms. The molecule has 0 aromatic rings. The maximum Gasteiger partial charge on any atom is 0.0510 e. The topological polar surface area (TPSA) is 24.5 Å². The van der Waals surface area contributed by atoms with Gasteiger partial charge in [-0.2, -0.15) is 0 Å². The van der Waals surface area contributed by atoms with Gasteiger partial charge in [0.05, 0.1) is 6.61 Å². The number of hydrogen-bond donors (Lipinski definition) is 1. The molecule has 0 amide bonds. The van der Waals surface area contributed by atoms with Gasteiger partial charge >= 0.3 is 0 Å². The van der Waals surface area contributed by atoms with Crippen LogP contribution < -0.4 is 5.32 Å². The molecule has 2 unspecified atom stereocenters. The number of nitrogens with zero attached hydrogens (tertiary/aromatic N) is 1. The van der Waals surface area contributed by atoms with Gasteiger partial charge in [-0.15, -0.1) is 0 Å². The van der Waals surface area contributed by atoms with E-state index in [1.54, 1.807) is 0 Å². The Morgan fingerprint density at radius 1 is 1.47 bits per heavy atom. The molecule has 2 atom stereocenters. The van der Waals surface area contributed by atoms with Gasteiger partial charge in [0.15, 0.2) is 0 Å². The second-order valence-electron chi connectivity index (χ2n) is 6.15. The normalized spacial score (nSPS) is 30.9. The molecule has 0 spiro atoms. The lowest BCUT2D eigenvalue weighted by Crippen LogP contribution is -2.50. The number of hydrogen-bond acceptors (Lipinski definition) is 3. The van der Waals surface area contributed by atoms with E-state index in [-0.39, 0.29) is 0 Å². The Bertz CT molecular complexity index is 236. The summed E-state index contributed by atoms with van der Waals surface area (Å²) < 4.78 is 5.54. The van der Waals surface area contributed by atoms with E-state index in [4.69, 9.17) is 4.74 Å². The summed E-state index contributed by atoms with van der Waals surface area (Å²) in [5.74, 6) is 0.714. The third-order valence-electron chi connectivity index (χ3n) is 4.49. The lowest BCUT2D eigenvalue weighted by Gasteiger charge is -2.36. The van der Waals surface area contributed by atoms with E-state index in [1.165, 1.54) is 32.4 Å². The maximum absolute atomic E-state index is 5.54. The van der Waals surface area contributed by atoms with Crippen LogP contribution >= 0.6 is 0 Å². The summed E-state index contributed by atoms with van der Waals surface area (Å²) in [5, 5.41) is 3.67. The highest BCUT2D eigenvalue weighted by Crippen LogP contribution is 2.29. The van der Waals surface area contributed by atoms with Crippen LogP contribution in [0.2, 0.25) is 0 Å². The van der Waals surface area contributed by atoms with Gasteiger partial charge in [-0.25, -0.2) is 0 Å². The largest absolute Gasteiger partial charge is 0.381 e. The van der Waals surface area contributed by atoms with Crippen LogP contribution in [-0.4, -0.2) is 49.3 Å². The fourth-order valence-corrected chi connectivity index (χ4v) is 3.25. The lowest BCUT2D eigenvalue weighted by molar-refractivity contribution is 0.128. The molecule has 0 aromatic heterocycles. The average molecular weight is 240 g/mol. The minimum absolute atomic E-state index is 0.396. The molecule has 0 saturated carbocycles. The monoisotopic (exact) mass is 240 g/mol. The van der Waals surface area contributed by atoms with Crippen LogP contribution in [0.3, 0.4) is 0 Å². The predicted molar refractivity (Wildman–Crippen MR) is 71.3 cm³/mol. The highest BCUT2D eigenvalue weighted by Gasteiger charge is 2.35. The molecule has 3 heteroatoms. The summed E-state index contributed by atoms with van der Waals surface area (Å²) >= 11 is 0. The van der Waals surface area contributed by atoms with Crippen molar-refractivity contribution in [3.8, 4) is 0 Å². The SMILES string of the molecule is CCNC(CN1CCCC1(C)C)C1CCOC1. The molecule has 0 aromatic carbocycles. The zero-order valence-corrected chi connectivity index (χ0v) is 11.7. The zero-order valence-electron chi connectivity index (χ0n) is 11.7. The second kappa shape index (κ2) is 5.68. The quantitative estimate of drug-likeness (QED) is 0.794. The molecular weight excluding hydrogens is 212 g/mol. The fourth-order valence-electron chi connectivity index (χ4n) is 3.25. The van der Waals surface area contributed by atoms with Gasteiger partial charge < -0.3 is 10.1 Å². The second-order valence-corrected chi connectivity index (χ2v) is 6.15. The van der Waals surface area contributed by atoms with Crippen molar-refractivity contribution < 1.29 is 4.74 Å². The molecule has 0 radical (unpaired) electrons. The number of ether oxygens (including phenoxy) is 1. The van der Waals surface area contributed by atoms with Crippen molar-refractivity contribution in [1.82, 2.24) is 10.2 Å². The Kier molecular flexibility index (Phi) is 4.45. The third-order valence-corrected chi connectivity index (χ3v) is 4.49. The third kappa shape index (κ3) is 3.21. The van der Waals surface area contributed by atoms with E-state index in [0.29, 0.717) is 17.5 Å². The Balaban J connectivity index is 1.92. The fraction of sp³-hybridized carbons (Fsp3) is 1.00. The van der Waals surface area contributed by atoms with Gasteiger partial charge in [0, 0.05) is 30.7 Å². The van der Waals surface area contributed by atoms with Crippen LogP contribution in [0.4, 0.5) is 0 Å². The van der Waals surface area contributed by atoms with Crippen molar-refractivity contribution in [2.24, 2.45) is 5.92 Å². The highest BCUT2D eigenvalue weighted by molar-refractivity contribution is 4.92. The summed E-state index contributed by atoms with van der Waals surface area (Å²) in [7, 11) is 0. The van der Waals surface area contributed by atoms with Crippen molar-refractivity contribution in [3.05, 3.63) is 0 Å². The first-order chi connectivity index (χ1) is 8.13. The van der Waals surface area contributed by atoms with Crippen LogP contribution in [-0.2, 0) is 4.74 Å². The lowest BCUT2D eigenvalue weighted by atomic mass is 9.96. The van der Waals surface area contributed by atoms with E-state index in [1.807, 2.05) is 0 Å². The molecule has 2 aliphatic heterocycles. The molecule has 2 heterocycles. The van der Waals surface area contributed by atoms with Crippen molar-refractivity contribution >= 4 is 0 Å². The van der Waals surface area contributed by atoms with E-state index in [2.05, 4.69) is 31.0 Å². The molecule has 0 aliphatic carbocycles. The van der Waals surface area contributed by atoms with Gasteiger partial charge in [0.1, 0.15) is 0 Å². The summed E-state index contributed by atoms with van der Waals surface area (Å²) in [6.45, 7) is 12.4. The molecule has 100 valence electrons. The highest BCUT2D eigenvalue weighted by atomic mass is 16.5. The molecule has 2 rings (SSSR count).